The molecule has 0 aliphatic heterocycles. The van der Waals surface area contributed by atoms with Crippen molar-refractivity contribution in [3.05, 3.63) is 66.2 Å². The van der Waals surface area contributed by atoms with E-state index >= 15 is 0 Å². The lowest BCUT2D eigenvalue weighted by Crippen LogP contribution is -2.45. The Morgan fingerprint density at radius 3 is 2.51 bits per heavy atom. The third-order valence-electron chi connectivity index (χ3n) is 5.57. The quantitative estimate of drug-likeness (QED) is 0.0957. The minimum absolute atomic E-state index is 0.208. The number of aliphatic imine (C=N–C) groups is 1. The topological polar surface area (TPSA) is 115 Å². The molecule has 0 aliphatic carbocycles. The normalized spacial score (nSPS) is 12.5. The van der Waals surface area contributed by atoms with Gasteiger partial charge in [-0.3, -0.25) is 14.6 Å². The SMILES string of the molecule is C=C(NC(=NCCC)/C(C#CCCCNC(=O)[C@H](C)N(C)C(=O)/C=C/CN(C)C)=C\N)Nc1ccc(C)cc1. The molecule has 1 aromatic carbocycles. The fourth-order valence-corrected chi connectivity index (χ4v) is 3.12. The number of amides is 2. The number of amidine groups is 1. The van der Waals surface area contributed by atoms with Crippen LogP contribution in [0.1, 0.15) is 38.7 Å². The van der Waals surface area contributed by atoms with Crippen LogP contribution in [-0.4, -0.2) is 74.3 Å². The minimum Gasteiger partial charge on any atom is -0.403 e. The zero-order chi connectivity index (χ0) is 29.2. The van der Waals surface area contributed by atoms with Crippen molar-refractivity contribution in [2.75, 3.05) is 46.1 Å². The molecule has 1 rings (SSSR count). The molecule has 0 saturated heterocycles. The Hall–Kier alpha value is -4.03. The average Bonchev–Trinajstić information content (AvgIpc) is 2.90. The van der Waals surface area contributed by atoms with Gasteiger partial charge in [-0.2, -0.15) is 0 Å². The van der Waals surface area contributed by atoms with E-state index in [4.69, 9.17) is 5.73 Å². The van der Waals surface area contributed by atoms with Gasteiger partial charge in [0.25, 0.3) is 0 Å². The Kier molecular flexibility index (Phi) is 15.4. The number of aryl methyl sites for hydroxylation is 1. The summed E-state index contributed by atoms with van der Waals surface area (Å²) in [5.41, 5.74) is 8.52. The number of unbranched alkanes of at least 4 members (excludes halogenated alkanes) is 1. The molecule has 2 amide bonds. The molecular weight excluding hydrogens is 490 g/mol. The van der Waals surface area contributed by atoms with Crippen LogP contribution in [0.5, 0.6) is 0 Å². The van der Waals surface area contributed by atoms with Crippen molar-refractivity contribution >= 4 is 23.3 Å². The molecule has 0 radical (unpaired) electrons. The second-order valence-electron chi connectivity index (χ2n) is 9.39. The predicted molar refractivity (Wildman–Crippen MR) is 162 cm³/mol. The van der Waals surface area contributed by atoms with Crippen LogP contribution < -0.4 is 21.7 Å². The maximum atomic E-state index is 12.5. The van der Waals surface area contributed by atoms with Gasteiger partial charge in [0, 0.05) is 51.1 Å². The lowest BCUT2D eigenvalue weighted by atomic mass is 10.2. The molecule has 212 valence electrons. The number of nitrogens with two attached hydrogens (primary N) is 1. The van der Waals surface area contributed by atoms with Crippen molar-refractivity contribution in [2.45, 2.75) is 46.1 Å². The zero-order valence-corrected chi connectivity index (χ0v) is 24.3. The molecule has 0 heterocycles. The van der Waals surface area contributed by atoms with Gasteiger partial charge in [-0.15, -0.1) is 0 Å². The van der Waals surface area contributed by atoms with Crippen LogP contribution in [0.2, 0.25) is 0 Å². The van der Waals surface area contributed by atoms with E-state index in [1.807, 2.05) is 57.1 Å². The van der Waals surface area contributed by atoms with Crippen LogP contribution in [0.4, 0.5) is 5.69 Å². The lowest BCUT2D eigenvalue weighted by molar-refractivity contribution is -0.135. The minimum atomic E-state index is -0.579. The van der Waals surface area contributed by atoms with Gasteiger partial charge < -0.3 is 31.5 Å². The van der Waals surface area contributed by atoms with Crippen molar-refractivity contribution in [1.29, 1.82) is 0 Å². The summed E-state index contributed by atoms with van der Waals surface area (Å²) in [7, 11) is 5.46. The standard InChI is InChI=1S/C30H45N7O2/c1-8-19-32-29(35-25(4)34-27-17-15-23(2)16-18-27)26(22-31)13-10-9-11-20-33-30(39)24(3)37(7)28(38)14-12-21-36(5)6/h12,14-18,22,24,34H,4,8-9,11,19-21,31H2,1-3,5-7H3,(H,32,35)(H,33,39)/b14-12+,26-22-/t24-/m0/s1. The van der Waals surface area contributed by atoms with Gasteiger partial charge in [0.05, 0.1) is 5.57 Å². The van der Waals surface area contributed by atoms with Crippen LogP contribution in [0.15, 0.2) is 65.6 Å². The molecule has 0 unspecified atom stereocenters. The van der Waals surface area contributed by atoms with E-state index in [1.54, 1.807) is 20.0 Å². The van der Waals surface area contributed by atoms with Gasteiger partial charge in [0.2, 0.25) is 11.8 Å². The number of nitrogens with one attached hydrogen (secondary N) is 3. The number of hydrogen-bond donors (Lipinski definition) is 4. The maximum Gasteiger partial charge on any atom is 0.246 e. The Labute approximate surface area is 234 Å². The average molecular weight is 536 g/mol. The fourth-order valence-electron chi connectivity index (χ4n) is 3.12. The first-order valence-electron chi connectivity index (χ1n) is 13.2. The molecule has 0 fully saturated rings. The number of carbonyl (C=O) groups is 2. The van der Waals surface area contributed by atoms with Gasteiger partial charge >= 0.3 is 0 Å². The molecule has 9 heteroatoms. The highest BCUT2D eigenvalue weighted by molar-refractivity contribution is 6.03. The summed E-state index contributed by atoms with van der Waals surface area (Å²) in [5.74, 6) is 6.86. The summed E-state index contributed by atoms with van der Waals surface area (Å²) >= 11 is 0. The van der Waals surface area contributed by atoms with Crippen LogP contribution in [0.25, 0.3) is 0 Å². The maximum absolute atomic E-state index is 12.5. The molecule has 0 aliphatic rings. The Morgan fingerprint density at radius 2 is 1.90 bits per heavy atom. The first-order valence-corrected chi connectivity index (χ1v) is 13.2. The summed E-state index contributed by atoms with van der Waals surface area (Å²) < 4.78 is 0. The number of rotatable bonds is 14. The van der Waals surface area contributed by atoms with Gasteiger partial charge in [-0.25, -0.2) is 0 Å². The summed E-state index contributed by atoms with van der Waals surface area (Å²) in [6.07, 6.45) is 6.77. The van der Waals surface area contributed by atoms with Crippen molar-refractivity contribution in [1.82, 2.24) is 20.4 Å². The number of anilines is 1. The molecule has 5 N–H and O–H groups in total. The smallest absolute Gasteiger partial charge is 0.246 e. The molecule has 0 saturated carbocycles. The van der Waals surface area contributed by atoms with E-state index in [9.17, 15) is 9.59 Å². The van der Waals surface area contributed by atoms with Gasteiger partial charge in [0.15, 0.2) is 0 Å². The Bertz CT molecular complexity index is 1090. The fraction of sp³-hybridized carbons (Fsp3) is 0.433. The van der Waals surface area contributed by atoms with Crippen LogP contribution in [-0.2, 0) is 9.59 Å². The van der Waals surface area contributed by atoms with E-state index in [1.165, 1.54) is 22.7 Å². The van der Waals surface area contributed by atoms with Gasteiger partial charge in [0.1, 0.15) is 17.7 Å². The van der Waals surface area contributed by atoms with Gasteiger partial charge in [-0.1, -0.05) is 49.1 Å². The largest absolute Gasteiger partial charge is 0.403 e. The second kappa shape index (κ2) is 18.3. The molecule has 0 bridgehead atoms. The molecule has 0 spiro atoms. The first-order chi connectivity index (χ1) is 18.6. The second-order valence-corrected chi connectivity index (χ2v) is 9.39. The van der Waals surface area contributed by atoms with E-state index in [2.05, 4.69) is 39.4 Å². The van der Waals surface area contributed by atoms with Crippen LogP contribution >= 0.6 is 0 Å². The molecule has 39 heavy (non-hydrogen) atoms. The summed E-state index contributed by atoms with van der Waals surface area (Å²) in [6.45, 7) is 11.5. The molecule has 0 aromatic heterocycles. The highest BCUT2D eigenvalue weighted by Gasteiger charge is 2.20. The van der Waals surface area contributed by atoms with E-state index in [0.717, 1.165) is 12.1 Å². The summed E-state index contributed by atoms with van der Waals surface area (Å²) in [4.78, 5) is 32.7. The number of hydrogen-bond acceptors (Lipinski definition) is 6. The van der Waals surface area contributed by atoms with E-state index < -0.39 is 6.04 Å². The highest BCUT2D eigenvalue weighted by Crippen LogP contribution is 2.10. The third kappa shape index (κ3) is 13.4. The predicted octanol–water partition coefficient (Wildman–Crippen LogP) is 2.98. The van der Waals surface area contributed by atoms with Crippen molar-refractivity contribution in [3.8, 4) is 11.8 Å². The summed E-state index contributed by atoms with van der Waals surface area (Å²) in [5, 5.41) is 9.27. The van der Waals surface area contributed by atoms with Crippen molar-refractivity contribution < 1.29 is 9.59 Å². The molecular formula is C30H45N7O2. The number of likely N-dealkylation sites (N-methyl/N-ethyl adjacent to an activating group) is 2. The summed E-state index contributed by atoms with van der Waals surface area (Å²) in [6, 6.07) is 7.41. The number of nitrogens with zero attached hydrogens (tertiary/aromatic N) is 3. The number of carbonyl (C=O) groups excluding carboxylic acids is 2. The monoisotopic (exact) mass is 535 g/mol. The zero-order valence-electron chi connectivity index (χ0n) is 24.3. The Morgan fingerprint density at radius 1 is 1.21 bits per heavy atom. The van der Waals surface area contributed by atoms with Crippen molar-refractivity contribution in [3.63, 3.8) is 0 Å². The van der Waals surface area contributed by atoms with Crippen LogP contribution in [0.3, 0.4) is 0 Å². The van der Waals surface area contributed by atoms with Crippen molar-refractivity contribution in [2.24, 2.45) is 10.7 Å². The highest BCUT2D eigenvalue weighted by atomic mass is 16.2. The Balaban J connectivity index is 2.60. The molecule has 1 aromatic rings. The van der Waals surface area contributed by atoms with Gasteiger partial charge in [-0.05, 0) is 52.9 Å². The van der Waals surface area contributed by atoms with E-state index in [-0.39, 0.29) is 11.8 Å². The number of benzene rings is 1. The van der Waals surface area contributed by atoms with E-state index in [0.29, 0.717) is 49.7 Å². The third-order valence-corrected chi connectivity index (χ3v) is 5.57. The molecule has 9 nitrogen and oxygen atoms in total. The lowest BCUT2D eigenvalue weighted by Gasteiger charge is -2.23. The van der Waals surface area contributed by atoms with Crippen LogP contribution in [0, 0.1) is 18.8 Å². The molecule has 1 atom stereocenters. The first kappa shape index (κ1) is 33.0.